The van der Waals surface area contributed by atoms with Gasteiger partial charge in [0.05, 0.1) is 5.69 Å². The third-order valence-corrected chi connectivity index (χ3v) is 7.03. The molecule has 0 saturated heterocycles. The van der Waals surface area contributed by atoms with E-state index >= 15 is 0 Å². The summed E-state index contributed by atoms with van der Waals surface area (Å²) in [6, 6.07) is 8.32. The summed E-state index contributed by atoms with van der Waals surface area (Å²) in [6.07, 6.45) is 2.21. The molecule has 1 heterocycles. The quantitative estimate of drug-likeness (QED) is 0.800. The molecule has 0 saturated carbocycles. The van der Waals surface area contributed by atoms with Crippen LogP contribution in [-0.2, 0) is 0 Å². The number of para-hydroxylation sites is 2. The van der Waals surface area contributed by atoms with Gasteiger partial charge in [-0.15, -0.1) is 0 Å². The Bertz CT molecular complexity index is 499. The standard InChI is InChI=1S/C15H24BNOSi/c1-6-13-12(3)19(4,5)18-15-11-9-8-10-14(15)17-16(13)7-2/h8-11,17H,6-7H2,1-5H3/b13-12-. The van der Waals surface area contributed by atoms with E-state index < -0.39 is 8.32 Å². The molecular formula is C15H24BNOSi. The second-order valence-corrected chi connectivity index (χ2v) is 9.69. The molecule has 0 aliphatic carbocycles. The van der Waals surface area contributed by atoms with E-state index in [2.05, 4.69) is 57.3 Å². The van der Waals surface area contributed by atoms with E-state index in [0.717, 1.165) is 24.2 Å². The Morgan fingerprint density at radius 2 is 1.89 bits per heavy atom. The first-order chi connectivity index (χ1) is 8.99. The van der Waals surface area contributed by atoms with Crippen LogP contribution in [-0.4, -0.2) is 15.2 Å². The third-order valence-electron chi connectivity index (χ3n) is 4.18. The zero-order valence-corrected chi connectivity index (χ0v) is 13.7. The molecule has 19 heavy (non-hydrogen) atoms. The fourth-order valence-corrected chi connectivity index (χ4v) is 4.81. The molecule has 1 N–H and O–H groups in total. The van der Waals surface area contributed by atoms with Crippen molar-refractivity contribution in [3.8, 4) is 5.75 Å². The average molecular weight is 273 g/mol. The normalized spacial score (nSPS) is 21.8. The molecule has 0 bridgehead atoms. The number of nitrogens with one attached hydrogen (secondary N) is 1. The van der Waals surface area contributed by atoms with E-state index in [4.69, 9.17) is 4.43 Å². The highest BCUT2D eigenvalue weighted by molar-refractivity contribution is 6.82. The highest BCUT2D eigenvalue weighted by Crippen LogP contribution is 2.34. The minimum absolute atomic E-state index is 0.432. The second kappa shape index (κ2) is 5.45. The van der Waals surface area contributed by atoms with Crippen LogP contribution in [0.5, 0.6) is 5.75 Å². The van der Waals surface area contributed by atoms with Crippen molar-refractivity contribution in [2.45, 2.75) is 46.6 Å². The molecule has 0 radical (unpaired) electrons. The fraction of sp³-hybridized carbons (Fsp3) is 0.467. The van der Waals surface area contributed by atoms with Gasteiger partial charge in [-0.3, -0.25) is 0 Å². The number of hydrogen-bond donors (Lipinski definition) is 1. The van der Waals surface area contributed by atoms with Crippen molar-refractivity contribution < 1.29 is 4.43 Å². The molecule has 2 nitrogen and oxygen atoms in total. The van der Waals surface area contributed by atoms with Gasteiger partial charge in [0, 0.05) is 0 Å². The summed E-state index contributed by atoms with van der Waals surface area (Å²) in [4.78, 5) is 0. The number of allylic oxidation sites excluding steroid dienone is 2. The van der Waals surface area contributed by atoms with E-state index in [1.807, 2.05) is 6.07 Å². The Balaban J connectivity index is 2.54. The second-order valence-electron chi connectivity index (χ2n) is 5.72. The molecule has 0 unspecified atom stereocenters. The van der Waals surface area contributed by atoms with Gasteiger partial charge in [-0.1, -0.05) is 43.0 Å². The van der Waals surface area contributed by atoms with Gasteiger partial charge in [0.15, 0.2) is 0 Å². The molecule has 0 aromatic heterocycles. The first-order valence-corrected chi connectivity index (χ1v) is 10.1. The molecular weight excluding hydrogens is 249 g/mol. The summed E-state index contributed by atoms with van der Waals surface area (Å²) in [5.74, 6) is 1.01. The maximum atomic E-state index is 6.38. The smallest absolute Gasteiger partial charge is 0.281 e. The maximum Gasteiger partial charge on any atom is 0.281 e. The minimum atomic E-state index is -1.83. The highest BCUT2D eigenvalue weighted by atomic mass is 28.4. The first-order valence-electron chi connectivity index (χ1n) is 7.24. The molecule has 1 aliphatic heterocycles. The molecule has 1 aromatic carbocycles. The van der Waals surface area contributed by atoms with Crippen LogP contribution in [0.3, 0.4) is 0 Å². The van der Waals surface area contributed by atoms with Crippen LogP contribution in [0.2, 0.25) is 19.4 Å². The molecule has 0 spiro atoms. The van der Waals surface area contributed by atoms with Crippen molar-refractivity contribution in [2.75, 3.05) is 5.23 Å². The lowest BCUT2D eigenvalue weighted by Gasteiger charge is -2.34. The van der Waals surface area contributed by atoms with Crippen LogP contribution in [0.15, 0.2) is 34.9 Å². The lowest BCUT2D eigenvalue weighted by molar-refractivity contribution is 0.560. The van der Waals surface area contributed by atoms with Gasteiger partial charge in [-0.05, 0) is 38.6 Å². The van der Waals surface area contributed by atoms with Gasteiger partial charge in [0.1, 0.15) is 5.75 Å². The summed E-state index contributed by atoms with van der Waals surface area (Å²) >= 11 is 0. The molecule has 2 rings (SSSR count). The van der Waals surface area contributed by atoms with E-state index in [1.165, 1.54) is 10.7 Å². The van der Waals surface area contributed by atoms with E-state index in [-0.39, 0.29) is 0 Å². The van der Waals surface area contributed by atoms with Crippen molar-refractivity contribution in [1.82, 2.24) is 0 Å². The molecule has 102 valence electrons. The predicted octanol–water partition coefficient (Wildman–Crippen LogP) is 4.51. The lowest BCUT2D eigenvalue weighted by Crippen LogP contribution is -2.42. The molecule has 0 atom stereocenters. The van der Waals surface area contributed by atoms with E-state index in [9.17, 15) is 0 Å². The van der Waals surface area contributed by atoms with Crippen LogP contribution >= 0.6 is 0 Å². The van der Waals surface area contributed by atoms with Crippen molar-refractivity contribution in [1.29, 1.82) is 0 Å². The van der Waals surface area contributed by atoms with Crippen molar-refractivity contribution in [2.24, 2.45) is 0 Å². The van der Waals surface area contributed by atoms with Crippen molar-refractivity contribution in [3.63, 3.8) is 0 Å². The summed E-state index contributed by atoms with van der Waals surface area (Å²) < 4.78 is 6.38. The van der Waals surface area contributed by atoms with Crippen molar-refractivity contribution >= 4 is 20.9 Å². The Morgan fingerprint density at radius 1 is 1.21 bits per heavy atom. The summed E-state index contributed by atoms with van der Waals surface area (Å²) in [5, 5.41) is 5.15. The fourth-order valence-electron chi connectivity index (χ4n) is 2.81. The van der Waals surface area contributed by atoms with Crippen LogP contribution in [0.4, 0.5) is 5.69 Å². The number of hydrogen-bond acceptors (Lipinski definition) is 2. The SMILES string of the molecule is CCB1Nc2ccccc2O[Si](C)(C)/C(C)=C\1CC. The van der Waals surface area contributed by atoms with E-state index in [1.54, 1.807) is 0 Å². The molecule has 0 amide bonds. The number of rotatable bonds is 2. The van der Waals surface area contributed by atoms with Gasteiger partial charge >= 0.3 is 0 Å². The van der Waals surface area contributed by atoms with Crippen LogP contribution in [0.25, 0.3) is 0 Å². The molecule has 4 heteroatoms. The van der Waals surface area contributed by atoms with Crippen LogP contribution in [0.1, 0.15) is 27.2 Å². The van der Waals surface area contributed by atoms with Gasteiger partial charge in [-0.25, -0.2) is 0 Å². The van der Waals surface area contributed by atoms with Gasteiger partial charge in [0.25, 0.3) is 15.2 Å². The summed E-state index contributed by atoms with van der Waals surface area (Å²) in [6.45, 7) is 11.8. The summed E-state index contributed by atoms with van der Waals surface area (Å²) in [7, 11) is -1.83. The number of benzene rings is 1. The highest BCUT2D eigenvalue weighted by Gasteiger charge is 2.34. The third kappa shape index (κ3) is 2.73. The Labute approximate surface area is 118 Å². The van der Waals surface area contributed by atoms with Crippen molar-refractivity contribution in [3.05, 3.63) is 34.9 Å². The topological polar surface area (TPSA) is 21.3 Å². The Morgan fingerprint density at radius 3 is 2.53 bits per heavy atom. The monoisotopic (exact) mass is 273 g/mol. The lowest BCUT2D eigenvalue weighted by atomic mass is 9.52. The molecule has 1 aliphatic rings. The van der Waals surface area contributed by atoms with Gasteiger partial charge in [-0.2, -0.15) is 0 Å². The molecule has 0 fully saturated rings. The minimum Gasteiger partial charge on any atom is -0.539 e. The molecule has 1 aromatic rings. The number of anilines is 1. The summed E-state index contributed by atoms with van der Waals surface area (Å²) in [5.41, 5.74) is 2.67. The zero-order chi connectivity index (χ0) is 14.0. The Hall–Kier alpha value is -1.16. The van der Waals surface area contributed by atoms with Crippen LogP contribution < -0.4 is 9.65 Å². The maximum absolute atomic E-state index is 6.38. The van der Waals surface area contributed by atoms with Gasteiger partial charge in [0.2, 0.25) is 0 Å². The van der Waals surface area contributed by atoms with Crippen LogP contribution in [0, 0.1) is 0 Å². The van der Waals surface area contributed by atoms with Gasteiger partial charge < -0.3 is 9.65 Å². The van der Waals surface area contributed by atoms with E-state index in [0.29, 0.717) is 6.85 Å². The first kappa shape index (κ1) is 14.3. The average Bonchev–Trinajstić information content (AvgIpc) is 2.38. The largest absolute Gasteiger partial charge is 0.539 e. The predicted molar refractivity (Wildman–Crippen MR) is 87.4 cm³/mol. The Kier molecular flexibility index (Phi) is 4.09. The zero-order valence-electron chi connectivity index (χ0n) is 12.7. The number of fused-ring (bicyclic) bond motifs is 1.